The summed E-state index contributed by atoms with van der Waals surface area (Å²) in [6, 6.07) is 12.8. The molecule has 1 aliphatic rings. The standard InChI is InChI=1S/C19H16ClN3O3/c1-26-14-4-2-3-11(7-14)10-23-19(25)15-8-12-5-6-13(20)9-16(12)21-17(15)18(24)22-23/h2-7,9,21H,8,10H2,1H3,(H,22,24). The SMILES string of the molecule is COc1cccc(Cn2nc(O)c3c(c2=O)Cc2ccc(Cl)cc2N3)c1. The van der Waals surface area contributed by atoms with Crippen molar-refractivity contribution in [3.63, 3.8) is 0 Å². The highest BCUT2D eigenvalue weighted by molar-refractivity contribution is 6.30. The second kappa shape index (κ2) is 6.38. The van der Waals surface area contributed by atoms with Gasteiger partial charge in [0.1, 0.15) is 11.4 Å². The van der Waals surface area contributed by atoms with Crippen molar-refractivity contribution < 1.29 is 9.84 Å². The summed E-state index contributed by atoms with van der Waals surface area (Å²) in [6.45, 7) is 0.240. The molecule has 0 saturated heterocycles. The zero-order chi connectivity index (χ0) is 18.3. The van der Waals surface area contributed by atoms with Crippen LogP contribution in [0.25, 0.3) is 0 Å². The molecule has 26 heavy (non-hydrogen) atoms. The Morgan fingerprint density at radius 2 is 2.15 bits per heavy atom. The number of halogens is 1. The summed E-state index contributed by atoms with van der Waals surface area (Å²) in [5.74, 6) is 0.485. The Morgan fingerprint density at radius 3 is 2.96 bits per heavy atom. The minimum absolute atomic E-state index is 0.215. The van der Waals surface area contributed by atoms with Gasteiger partial charge < -0.3 is 15.2 Å². The molecular weight excluding hydrogens is 354 g/mol. The smallest absolute Gasteiger partial charge is 0.272 e. The minimum Gasteiger partial charge on any atom is -0.497 e. The van der Waals surface area contributed by atoms with Gasteiger partial charge in [0.25, 0.3) is 11.4 Å². The third-order valence-corrected chi connectivity index (χ3v) is 4.63. The number of rotatable bonds is 3. The van der Waals surface area contributed by atoms with Gasteiger partial charge in [-0.2, -0.15) is 0 Å². The summed E-state index contributed by atoms with van der Waals surface area (Å²) in [4.78, 5) is 12.9. The number of aromatic nitrogens is 2. The summed E-state index contributed by atoms with van der Waals surface area (Å²) in [6.07, 6.45) is 0.405. The number of fused-ring (bicyclic) bond motifs is 2. The zero-order valence-electron chi connectivity index (χ0n) is 14.0. The lowest BCUT2D eigenvalue weighted by Gasteiger charge is -2.22. The molecule has 0 aliphatic carbocycles. The molecule has 0 fully saturated rings. The number of nitrogens with zero attached hydrogens (tertiary/aromatic N) is 2. The third kappa shape index (κ3) is 2.88. The Labute approximate surface area is 154 Å². The van der Waals surface area contributed by atoms with Crippen molar-refractivity contribution in [1.29, 1.82) is 0 Å². The van der Waals surface area contributed by atoms with Gasteiger partial charge in [-0.05, 0) is 35.4 Å². The lowest BCUT2D eigenvalue weighted by atomic mass is 9.99. The maximum absolute atomic E-state index is 12.9. The van der Waals surface area contributed by atoms with Gasteiger partial charge >= 0.3 is 0 Å². The predicted octanol–water partition coefficient (Wildman–Crippen LogP) is 3.31. The van der Waals surface area contributed by atoms with Crippen LogP contribution in [0, 0.1) is 0 Å². The van der Waals surface area contributed by atoms with Gasteiger partial charge in [-0.3, -0.25) is 4.79 Å². The van der Waals surface area contributed by atoms with Crippen molar-refractivity contribution >= 4 is 23.0 Å². The summed E-state index contributed by atoms with van der Waals surface area (Å²) in [5, 5.41) is 18.1. The second-order valence-corrected chi connectivity index (χ2v) is 6.53. The summed E-state index contributed by atoms with van der Waals surface area (Å²) < 4.78 is 6.48. The van der Waals surface area contributed by atoms with Crippen molar-refractivity contribution in [2.75, 3.05) is 12.4 Å². The first-order valence-corrected chi connectivity index (χ1v) is 8.44. The molecule has 1 aromatic heterocycles. The molecule has 132 valence electrons. The summed E-state index contributed by atoms with van der Waals surface area (Å²) in [7, 11) is 1.59. The minimum atomic E-state index is -0.242. The van der Waals surface area contributed by atoms with Crippen molar-refractivity contribution in [3.05, 3.63) is 74.5 Å². The number of nitrogens with one attached hydrogen (secondary N) is 1. The van der Waals surface area contributed by atoms with Gasteiger partial charge in [-0.1, -0.05) is 29.8 Å². The van der Waals surface area contributed by atoms with Crippen LogP contribution in [0.2, 0.25) is 5.02 Å². The van der Waals surface area contributed by atoms with Crippen LogP contribution in [0.15, 0.2) is 47.3 Å². The number of anilines is 2. The first-order chi connectivity index (χ1) is 12.5. The highest BCUT2D eigenvalue weighted by Gasteiger charge is 2.23. The molecule has 3 aromatic rings. The van der Waals surface area contributed by atoms with E-state index >= 15 is 0 Å². The first kappa shape index (κ1) is 16.5. The number of ether oxygens (including phenoxy) is 1. The Balaban J connectivity index is 1.74. The van der Waals surface area contributed by atoms with Gasteiger partial charge in [0.15, 0.2) is 0 Å². The van der Waals surface area contributed by atoms with Crippen LogP contribution in [0.1, 0.15) is 16.7 Å². The van der Waals surface area contributed by atoms with E-state index in [2.05, 4.69) is 10.4 Å². The van der Waals surface area contributed by atoms with E-state index in [1.807, 2.05) is 30.3 Å². The number of methoxy groups -OCH3 is 1. The van der Waals surface area contributed by atoms with Crippen LogP contribution in [-0.4, -0.2) is 22.0 Å². The topological polar surface area (TPSA) is 76.4 Å². The van der Waals surface area contributed by atoms with E-state index in [0.29, 0.717) is 28.4 Å². The van der Waals surface area contributed by atoms with Crippen LogP contribution in [-0.2, 0) is 13.0 Å². The van der Waals surface area contributed by atoms with Gasteiger partial charge in [0, 0.05) is 17.1 Å². The van der Waals surface area contributed by atoms with Crippen molar-refractivity contribution in [2.45, 2.75) is 13.0 Å². The van der Waals surface area contributed by atoms with E-state index in [0.717, 1.165) is 16.8 Å². The molecule has 0 amide bonds. The predicted molar refractivity (Wildman–Crippen MR) is 99.8 cm³/mol. The van der Waals surface area contributed by atoms with Crippen molar-refractivity contribution in [2.24, 2.45) is 0 Å². The van der Waals surface area contributed by atoms with E-state index in [9.17, 15) is 9.90 Å². The molecule has 4 rings (SSSR count). The van der Waals surface area contributed by atoms with Crippen LogP contribution < -0.4 is 15.6 Å². The molecule has 0 radical (unpaired) electrons. The van der Waals surface area contributed by atoms with E-state index < -0.39 is 0 Å². The first-order valence-electron chi connectivity index (χ1n) is 8.06. The van der Waals surface area contributed by atoms with Gasteiger partial charge in [-0.15, -0.1) is 5.10 Å². The van der Waals surface area contributed by atoms with E-state index in [1.165, 1.54) is 4.68 Å². The van der Waals surface area contributed by atoms with Crippen LogP contribution in [0.3, 0.4) is 0 Å². The fraction of sp³-hybridized carbons (Fsp3) is 0.158. The molecule has 2 aromatic carbocycles. The fourth-order valence-corrected chi connectivity index (χ4v) is 3.27. The van der Waals surface area contributed by atoms with E-state index in [1.54, 1.807) is 19.2 Å². The lowest BCUT2D eigenvalue weighted by molar-refractivity contribution is 0.413. The molecule has 2 N–H and O–H groups in total. The van der Waals surface area contributed by atoms with Crippen LogP contribution in [0.4, 0.5) is 11.4 Å². The van der Waals surface area contributed by atoms with Gasteiger partial charge in [0.05, 0.1) is 19.2 Å². The Morgan fingerprint density at radius 1 is 1.31 bits per heavy atom. The molecule has 6 nitrogen and oxygen atoms in total. The average Bonchev–Trinajstić information content (AvgIpc) is 2.65. The lowest BCUT2D eigenvalue weighted by Crippen LogP contribution is -2.29. The third-order valence-electron chi connectivity index (χ3n) is 4.40. The average molecular weight is 370 g/mol. The summed E-state index contributed by atoms with van der Waals surface area (Å²) in [5.41, 5.74) is 3.15. The van der Waals surface area contributed by atoms with Crippen LogP contribution in [0.5, 0.6) is 11.6 Å². The molecular formula is C19H16ClN3O3. The highest BCUT2D eigenvalue weighted by atomic mass is 35.5. The fourth-order valence-electron chi connectivity index (χ4n) is 3.10. The molecule has 0 saturated carbocycles. The van der Waals surface area contributed by atoms with E-state index in [-0.39, 0.29) is 18.0 Å². The Bertz CT molecular complexity index is 1060. The number of benzene rings is 2. The Kier molecular flexibility index (Phi) is 4.05. The van der Waals surface area contributed by atoms with Gasteiger partial charge in [-0.25, -0.2) is 4.68 Å². The highest BCUT2D eigenvalue weighted by Crippen LogP contribution is 2.36. The van der Waals surface area contributed by atoms with Crippen molar-refractivity contribution in [1.82, 2.24) is 9.78 Å². The zero-order valence-corrected chi connectivity index (χ0v) is 14.7. The van der Waals surface area contributed by atoms with Crippen LogP contribution >= 0.6 is 11.6 Å². The largest absolute Gasteiger partial charge is 0.497 e. The van der Waals surface area contributed by atoms with Gasteiger partial charge in [0.2, 0.25) is 0 Å². The monoisotopic (exact) mass is 369 g/mol. The second-order valence-electron chi connectivity index (χ2n) is 6.09. The van der Waals surface area contributed by atoms with E-state index in [4.69, 9.17) is 16.3 Å². The molecule has 1 aliphatic heterocycles. The maximum atomic E-state index is 12.9. The molecule has 7 heteroatoms. The molecule has 0 unspecified atom stereocenters. The number of aromatic hydroxyl groups is 1. The van der Waals surface area contributed by atoms with Crippen molar-refractivity contribution in [3.8, 4) is 11.6 Å². The maximum Gasteiger partial charge on any atom is 0.272 e. The molecule has 0 atom stereocenters. The normalized spacial score (nSPS) is 12.1. The number of hydrogen-bond donors (Lipinski definition) is 2. The molecule has 0 spiro atoms. The quantitative estimate of drug-likeness (QED) is 0.579. The summed E-state index contributed by atoms with van der Waals surface area (Å²) >= 11 is 6.02. The molecule has 0 bridgehead atoms. The Hall–Kier alpha value is -2.99. The molecule has 2 heterocycles. The number of hydrogen-bond acceptors (Lipinski definition) is 5.